The molecule has 4 nitrogen and oxygen atoms in total. The highest BCUT2D eigenvalue weighted by Gasteiger charge is 2.17. The molecule has 34 heavy (non-hydrogen) atoms. The number of hydrogen-bond donors (Lipinski definition) is 0. The van der Waals surface area contributed by atoms with Crippen molar-refractivity contribution in [1.82, 2.24) is 0 Å². The number of nitriles is 3. The zero-order valence-corrected chi connectivity index (χ0v) is 21.2. The van der Waals surface area contributed by atoms with Gasteiger partial charge in [0, 0.05) is 29.3 Å². The first-order chi connectivity index (χ1) is 16.5. The minimum Gasteiger partial charge on any atom is -0.295 e. The third-order valence-electron chi connectivity index (χ3n) is 4.90. The average molecular weight is 497 g/mol. The van der Waals surface area contributed by atoms with Crippen molar-refractivity contribution in [3.8, 4) is 37.7 Å². The van der Waals surface area contributed by atoms with Gasteiger partial charge in [-0.05, 0) is 80.3 Å². The highest BCUT2D eigenvalue weighted by Crippen LogP contribution is 2.45. The number of allylic oxidation sites excluding steroid dienone is 5. The molecule has 0 bridgehead atoms. The molecule has 0 atom stereocenters. The quantitative estimate of drug-likeness (QED) is 0.180. The Morgan fingerprint density at radius 3 is 1.82 bits per heavy atom. The highest BCUT2D eigenvalue weighted by atomic mass is 32.1. The minimum atomic E-state index is 0.0860. The van der Waals surface area contributed by atoms with Crippen LogP contribution >= 0.6 is 34.0 Å². The second-order valence-electron chi connectivity index (χ2n) is 7.12. The number of thiophene rings is 3. The first kappa shape index (κ1) is 24.8. The summed E-state index contributed by atoms with van der Waals surface area (Å²) in [6, 6.07) is 14.2. The number of rotatable bonds is 8. The maximum atomic E-state index is 9.08. The van der Waals surface area contributed by atoms with Crippen LogP contribution in [0.1, 0.15) is 20.9 Å². The van der Waals surface area contributed by atoms with Gasteiger partial charge in [-0.15, -0.1) is 34.0 Å². The molecule has 0 fully saturated rings. The predicted octanol–water partition coefficient (Wildman–Crippen LogP) is 7.97. The van der Waals surface area contributed by atoms with Crippen LogP contribution in [0, 0.1) is 47.8 Å². The second kappa shape index (κ2) is 11.9. The van der Waals surface area contributed by atoms with Crippen LogP contribution in [0.25, 0.3) is 31.7 Å². The van der Waals surface area contributed by atoms with E-state index >= 15 is 0 Å². The van der Waals surface area contributed by atoms with E-state index in [0.717, 1.165) is 9.75 Å². The average Bonchev–Trinajstić information content (AvgIpc) is 3.57. The molecular weight excluding hydrogens is 477 g/mol. The Morgan fingerprint density at radius 2 is 1.35 bits per heavy atom. The first-order valence-corrected chi connectivity index (χ1v) is 12.6. The molecule has 0 aliphatic heterocycles. The summed E-state index contributed by atoms with van der Waals surface area (Å²) in [5.41, 5.74) is 3.22. The summed E-state index contributed by atoms with van der Waals surface area (Å²) < 4.78 is 0. The Morgan fingerprint density at radius 1 is 0.824 bits per heavy atom. The molecule has 3 rings (SSSR count). The molecule has 3 heterocycles. The van der Waals surface area contributed by atoms with Crippen LogP contribution in [-0.2, 0) is 0 Å². The van der Waals surface area contributed by atoms with Gasteiger partial charge in [-0.25, -0.2) is 0 Å². The molecule has 0 spiro atoms. The van der Waals surface area contributed by atoms with Gasteiger partial charge in [0.1, 0.15) is 17.7 Å². The van der Waals surface area contributed by atoms with Crippen molar-refractivity contribution >= 4 is 52.9 Å². The van der Waals surface area contributed by atoms with E-state index in [1.165, 1.54) is 36.7 Å². The fourth-order valence-corrected chi connectivity index (χ4v) is 6.53. The van der Waals surface area contributed by atoms with Gasteiger partial charge < -0.3 is 0 Å². The van der Waals surface area contributed by atoms with Crippen molar-refractivity contribution in [3.63, 3.8) is 0 Å². The Balaban J connectivity index is 1.83. The van der Waals surface area contributed by atoms with E-state index in [-0.39, 0.29) is 5.57 Å². The van der Waals surface area contributed by atoms with Gasteiger partial charge in [0.2, 0.25) is 0 Å². The third kappa shape index (κ3) is 5.95. The van der Waals surface area contributed by atoms with Crippen LogP contribution < -0.4 is 0 Å². The van der Waals surface area contributed by atoms with Crippen LogP contribution in [0.3, 0.4) is 0 Å². The smallest absolute Gasteiger partial charge is 0.129 e. The summed E-state index contributed by atoms with van der Waals surface area (Å²) in [5.74, 6) is 0. The Bertz CT molecular complexity index is 1430. The lowest BCUT2D eigenvalue weighted by Crippen LogP contribution is -1.81. The van der Waals surface area contributed by atoms with Crippen molar-refractivity contribution in [1.29, 1.82) is 15.8 Å². The summed E-state index contributed by atoms with van der Waals surface area (Å²) in [6.07, 6.45) is 10.8. The molecule has 3 aromatic heterocycles. The van der Waals surface area contributed by atoms with Gasteiger partial charge in [-0.3, -0.25) is 4.99 Å². The van der Waals surface area contributed by atoms with Crippen molar-refractivity contribution in [2.75, 3.05) is 6.54 Å². The molecule has 0 amide bonds. The molecule has 0 saturated carbocycles. The van der Waals surface area contributed by atoms with Crippen LogP contribution in [0.4, 0.5) is 0 Å². The van der Waals surface area contributed by atoms with E-state index in [9.17, 15) is 0 Å². The molecule has 0 N–H and O–H groups in total. The Hall–Kier alpha value is -3.80. The Kier molecular flexibility index (Phi) is 8.68. The second-order valence-corrected chi connectivity index (χ2v) is 10.4. The van der Waals surface area contributed by atoms with E-state index in [2.05, 4.69) is 55.9 Å². The van der Waals surface area contributed by atoms with Gasteiger partial charge in [0.05, 0.1) is 18.2 Å². The number of hydrogen-bond acceptors (Lipinski definition) is 7. The maximum absolute atomic E-state index is 9.08. The topological polar surface area (TPSA) is 83.7 Å². The molecule has 0 saturated heterocycles. The van der Waals surface area contributed by atoms with Crippen molar-refractivity contribution in [3.05, 3.63) is 80.6 Å². The number of aliphatic imine (C=N–C) groups is 1. The lowest BCUT2D eigenvalue weighted by molar-refractivity contribution is 1.20. The summed E-state index contributed by atoms with van der Waals surface area (Å²) in [6.45, 7) is 8.07. The van der Waals surface area contributed by atoms with Gasteiger partial charge in [-0.1, -0.05) is 12.2 Å². The maximum Gasteiger partial charge on any atom is 0.129 e. The van der Waals surface area contributed by atoms with E-state index in [1.807, 2.05) is 30.4 Å². The summed E-state index contributed by atoms with van der Waals surface area (Å²) in [4.78, 5) is 10.9. The summed E-state index contributed by atoms with van der Waals surface area (Å²) in [5, 5.41) is 26.7. The zero-order chi connectivity index (χ0) is 24.5. The van der Waals surface area contributed by atoms with Crippen LogP contribution in [0.15, 0.2) is 64.7 Å². The molecule has 3 aromatic rings. The van der Waals surface area contributed by atoms with E-state index in [0.29, 0.717) is 12.1 Å². The van der Waals surface area contributed by atoms with Gasteiger partial charge in [0.25, 0.3) is 0 Å². The van der Waals surface area contributed by atoms with Gasteiger partial charge in [-0.2, -0.15) is 15.8 Å². The molecule has 0 aromatic carbocycles. The van der Waals surface area contributed by atoms with Gasteiger partial charge in [0.15, 0.2) is 0 Å². The predicted molar refractivity (Wildman–Crippen MR) is 146 cm³/mol. The molecule has 0 unspecified atom stereocenters. The van der Waals surface area contributed by atoms with Crippen molar-refractivity contribution in [2.45, 2.75) is 13.8 Å². The molecule has 0 radical (unpaired) electrons. The number of nitrogens with zero attached hydrogens (tertiary/aromatic N) is 4. The van der Waals surface area contributed by atoms with Gasteiger partial charge >= 0.3 is 0 Å². The Labute approximate surface area is 211 Å². The lowest BCUT2D eigenvalue weighted by Gasteiger charge is -1.95. The third-order valence-corrected chi connectivity index (χ3v) is 8.75. The molecule has 166 valence electrons. The van der Waals surface area contributed by atoms with Crippen LogP contribution in [-0.4, -0.2) is 13.3 Å². The fourth-order valence-electron chi connectivity index (χ4n) is 3.04. The first-order valence-electron chi connectivity index (χ1n) is 10.2. The van der Waals surface area contributed by atoms with Crippen molar-refractivity contribution in [2.24, 2.45) is 4.99 Å². The zero-order valence-electron chi connectivity index (χ0n) is 18.7. The van der Waals surface area contributed by atoms with Crippen molar-refractivity contribution < 1.29 is 0 Å². The molecular formula is C27H20N4S3. The summed E-state index contributed by atoms with van der Waals surface area (Å²) >= 11 is 5.20. The monoisotopic (exact) mass is 496 g/mol. The minimum absolute atomic E-state index is 0.0860. The van der Waals surface area contributed by atoms with E-state index in [4.69, 9.17) is 15.8 Å². The standard InChI is InChI=1S/C27H20N4S3/c1-18-19(2)27(25-13-11-23(33-25)9-5-7-21(16-30)17-31-3)34-26(18)24-12-10-22(32-24)8-4-6-20(14-28)15-29/h4-13H,3,17H2,1-2H3/b8-4+,9-5+,21-7+. The lowest BCUT2D eigenvalue weighted by atomic mass is 10.1. The van der Waals surface area contributed by atoms with Crippen LogP contribution in [0.5, 0.6) is 0 Å². The molecule has 0 aliphatic rings. The largest absolute Gasteiger partial charge is 0.295 e. The van der Waals surface area contributed by atoms with Crippen LogP contribution in [0.2, 0.25) is 0 Å². The SMILES string of the molecule is C=NC/C(C#N)=C/C=C/c1ccc(-c2sc(-c3ccc(/C=C/C=C(C#N)C#N)s3)c(C)c2C)s1. The molecule has 7 heteroatoms. The van der Waals surface area contributed by atoms with E-state index < -0.39 is 0 Å². The normalized spacial score (nSPS) is 11.3. The van der Waals surface area contributed by atoms with E-state index in [1.54, 1.807) is 46.2 Å². The highest BCUT2D eigenvalue weighted by molar-refractivity contribution is 7.27. The fraction of sp³-hybridized carbons (Fsp3) is 0.111. The summed E-state index contributed by atoms with van der Waals surface area (Å²) in [7, 11) is 0. The molecule has 0 aliphatic carbocycles.